The summed E-state index contributed by atoms with van der Waals surface area (Å²) >= 11 is 0. The van der Waals surface area contributed by atoms with E-state index >= 15 is 4.39 Å². The SMILES string of the molecule is CCOC(=O)c1cn2c3c(c(N(CC)CC(C)c4cnccn4)c(F)cc3c1=O)Oc1cc3ccccc3cc1-2. The summed E-state index contributed by atoms with van der Waals surface area (Å²) in [5.74, 6) is -0.742. The van der Waals surface area contributed by atoms with Crippen molar-refractivity contribution in [2.45, 2.75) is 26.7 Å². The van der Waals surface area contributed by atoms with Crippen LogP contribution in [0.2, 0.25) is 0 Å². The fraction of sp³-hybridized carbons (Fsp3) is 0.226. The van der Waals surface area contributed by atoms with Crippen molar-refractivity contribution in [3.8, 4) is 17.2 Å². The van der Waals surface area contributed by atoms with E-state index in [1.54, 1.807) is 30.1 Å². The topological polar surface area (TPSA) is 86.5 Å². The molecule has 1 aliphatic heterocycles. The van der Waals surface area contributed by atoms with Crippen molar-refractivity contribution in [3.05, 3.63) is 94.5 Å². The summed E-state index contributed by atoms with van der Waals surface area (Å²) in [7, 11) is 0. The first-order valence-corrected chi connectivity index (χ1v) is 13.2. The molecular weight excluding hydrogens is 511 g/mol. The molecule has 2 aromatic heterocycles. The number of pyridine rings is 1. The largest absolute Gasteiger partial charge is 0.462 e. The van der Waals surface area contributed by atoms with Gasteiger partial charge in [0.1, 0.15) is 16.8 Å². The highest BCUT2D eigenvalue weighted by Gasteiger charge is 2.31. The van der Waals surface area contributed by atoms with Crippen molar-refractivity contribution in [2.24, 2.45) is 0 Å². The van der Waals surface area contributed by atoms with Crippen molar-refractivity contribution >= 4 is 33.3 Å². The van der Waals surface area contributed by atoms with Gasteiger partial charge in [-0.05, 0) is 42.8 Å². The zero-order valence-corrected chi connectivity index (χ0v) is 22.3. The Hall–Kier alpha value is -4.79. The summed E-state index contributed by atoms with van der Waals surface area (Å²) in [6, 6.07) is 12.8. The fourth-order valence-corrected chi connectivity index (χ4v) is 5.31. The molecule has 0 N–H and O–H groups in total. The van der Waals surface area contributed by atoms with Crippen molar-refractivity contribution in [1.29, 1.82) is 0 Å². The van der Waals surface area contributed by atoms with Gasteiger partial charge >= 0.3 is 5.97 Å². The summed E-state index contributed by atoms with van der Waals surface area (Å²) in [6.07, 6.45) is 6.42. The van der Waals surface area contributed by atoms with Gasteiger partial charge in [0, 0.05) is 43.8 Å². The van der Waals surface area contributed by atoms with Crippen molar-refractivity contribution < 1.29 is 18.7 Å². The first-order valence-electron chi connectivity index (χ1n) is 13.2. The Morgan fingerprint density at radius 1 is 1.15 bits per heavy atom. The van der Waals surface area contributed by atoms with Crippen LogP contribution in [0.15, 0.2) is 72.0 Å². The average molecular weight is 539 g/mol. The number of rotatable bonds is 7. The Balaban J connectivity index is 1.61. The molecule has 0 fully saturated rings. The zero-order valence-electron chi connectivity index (χ0n) is 22.3. The maximum atomic E-state index is 16.1. The molecule has 0 saturated heterocycles. The number of likely N-dealkylation sites (N-methyl/N-ethyl adjacent to an activating group) is 1. The molecule has 1 unspecified atom stereocenters. The maximum absolute atomic E-state index is 16.1. The predicted octanol–water partition coefficient (Wildman–Crippen LogP) is 5.99. The lowest BCUT2D eigenvalue weighted by molar-refractivity contribution is 0.0524. The zero-order chi connectivity index (χ0) is 28.0. The highest BCUT2D eigenvalue weighted by molar-refractivity contribution is 6.00. The quantitative estimate of drug-likeness (QED) is 0.231. The normalized spacial score (nSPS) is 12.6. The van der Waals surface area contributed by atoms with Crippen LogP contribution in [0.25, 0.3) is 27.4 Å². The van der Waals surface area contributed by atoms with Crippen molar-refractivity contribution in [2.75, 3.05) is 24.6 Å². The highest BCUT2D eigenvalue weighted by atomic mass is 19.1. The Morgan fingerprint density at radius 3 is 2.62 bits per heavy atom. The minimum Gasteiger partial charge on any atom is -0.462 e. The smallest absolute Gasteiger partial charge is 0.343 e. The number of carbonyl (C=O) groups excluding carboxylic acids is 1. The van der Waals surface area contributed by atoms with Crippen LogP contribution in [0.3, 0.4) is 0 Å². The first kappa shape index (κ1) is 25.5. The number of aromatic nitrogens is 3. The number of esters is 1. The van der Waals surface area contributed by atoms with Gasteiger partial charge in [0.05, 0.1) is 23.4 Å². The lowest BCUT2D eigenvalue weighted by Crippen LogP contribution is -2.30. The molecule has 8 nitrogen and oxygen atoms in total. The second-order valence-corrected chi connectivity index (χ2v) is 9.73. The van der Waals surface area contributed by atoms with Crippen LogP contribution in [-0.4, -0.2) is 40.2 Å². The molecule has 0 saturated carbocycles. The van der Waals surface area contributed by atoms with E-state index < -0.39 is 17.2 Å². The molecule has 9 heteroatoms. The van der Waals surface area contributed by atoms with Crippen LogP contribution in [0.4, 0.5) is 10.1 Å². The predicted molar refractivity (Wildman–Crippen MR) is 151 cm³/mol. The summed E-state index contributed by atoms with van der Waals surface area (Å²) in [5.41, 5.74) is 1.27. The number of fused-ring (bicyclic) bond motifs is 3. The van der Waals surface area contributed by atoms with E-state index in [-0.39, 0.29) is 34.9 Å². The number of carbonyl (C=O) groups is 1. The Morgan fingerprint density at radius 2 is 1.93 bits per heavy atom. The highest BCUT2D eigenvalue weighted by Crippen LogP contribution is 2.47. The number of hydrogen-bond donors (Lipinski definition) is 0. The van der Waals surface area contributed by atoms with Gasteiger partial charge in [0.25, 0.3) is 0 Å². The van der Waals surface area contributed by atoms with Gasteiger partial charge in [-0.25, -0.2) is 9.18 Å². The lowest BCUT2D eigenvalue weighted by atomic mass is 10.0. The van der Waals surface area contributed by atoms with Gasteiger partial charge < -0.3 is 18.9 Å². The molecule has 3 aromatic carbocycles. The minimum absolute atomic E-state index is 0.0404. The monoisotopic (exact) mass is 538 g/mol. The minimum atomic E-state index is -0.758. The number of nitrogens with zero attached hydrogens (tertiary/aromatic N) is 4. The molecule has 202 valence electrons. The van der Waals surface area contributed by atoms with Gasteiger partial charge in [-0.2, -0.15) is 0 Å². The third-order valence-electron chi connectivity index (χ3n) is 7.25. The van der Waals surface area contributed by atoms with Crippen LogP contribution in [0.5, 0.6) is 11.5 Å². The molecule has 3 heterocycles. The number of anilines is 1. The Labute approximate surface area is 229 Å². The lowest BCUT2D eigenvalue weighted by Gasteiger charge is -2.32. The third kappa shape index (κ3) is 4.14. The molecule has 0 spiro atoms. The molecule has 6 rings (SSSR count). The number of ether oxygens (including phenoxy) is 2. The van der Waals surface area contributed by atoms with Crippen molar-refractivity contribution in [3.63, 3.8) is 0 Å². The standard InChI is InChI=1S/C31H27FN4O4/c1-4-35(16-18(3)24-15-33-10-11-34-24)28-23(32)14-21-27-30(28)40-26-13-20-9-7-6-8-19(20)12-25(26)36(27)17-22(29(21)37)31(38)39-5-2/h6-15,17-18H,4-5,16H2,1-3H3. The molecule has 5 aromatic rings. The maximum Gasteiger partial charge on any atom is 0.343 e. The van der Waals surface area contributed by atoms with Crippen LogP contribution in [0.1, 0.15) is 42.7 Å². The summed E-state index contributed by atoms with van der Waals surface area (Å²) < 4.78 is 29.5. The molecular formula is C31H27FN4O4. The van der Waals surface area contributed by atoms with Crippen LogP contribution >= 0.6 is 0 Å². The van der Waals surface area contributed by atoms with Crippen LogP contribution < -0.4 is 15.1 Å². The van der Waals surface area contributed by atoms with Crippen LogP contribution in [0, 0.1) is 5.82 Å². The van der Waals surface area contributed by atoms with E-state index in [0.717, 1.165) is 16.5 Å². The molecule has 40 heavy (non-hydrogen) atoms. The van der Waals surface area contributed by atoms with Crippen LogP contribution in [-0.2, 0) is 4.74 Å². The van der Waals surface area contributed by atoms with Gasteiger partial charge in [0.2, 0.25) is 5.43 Å². The summed E-state index contributed by atoms with van der Waals surface area (Å²) in [5, 5.41) is 1.93. The molecule has 1 atom stereocenters. The number of hydrogen-bond acceptors (Lipinski definition) is 7. The van der Waals surface area contributed by atoms with Crippen molar-refractivity contribution in [1.82, 2.24) is 14.5 Å². The number of benzene rings is 3. The molecule has 0 bridgehead atoms. The summed E-state index contributed by atoms with van der Waals surface area (Å²) in [4.78, 5) is 36.8. The fourth-order valence-electron chi connectivity index (χ4n) is 5.31. The van der Waals surface area contributed by atoms with E-state index in [4.69, 9.17) is 9.47 Å². The Bertz CT molecular complexity index is 1840. The van der Waals surface area contributed by atoms with E-state index in [2.05, 4.69) is 9.97 Å². The van der Waals surface area contributed by atoms with E-state index in [0.29, 0.717) is 30.0 Å². The van der Waals surface area contributed by atoms with Gasteiger partial charge in [0.15, 0.2) is 17.3 Å². The molecule has 0 radical (unpaired) electrons. The second-order valence-electron chi connectivity index (χ2n) is 9.73. The van der Waals surface area contributed by atoms with E-state index in [9.17, 15) is 9.59 Å². The molecule has 0 amide bonds. The van der Waals surface area contributed by atoms with E-state index in [1.165, 1.54) is 12.3 Å². The first-order chi connectivity index (χ1) is 19.4. The second kappa shape index (κ2) is 10.1. The van der Waals surface area contributed by atoms with Gasteiger partial charge in [-0.1, -0.05) is 31.2 Å². The van der Waals surface area contributed by atoms with Gasteiger partial charge in [-0.3, -0.25) is 14.8 Å². The summed E-state index contributed by atoms with van der Waals surface area (Å²) in [6.45, 7) is 6.61. The molecule has 0 aliphatic carbocycles. The third-order valence-corrected chi connectivity index (χ3v) is 7.25. The molecule has 1 aliphatic rings. The van der Waals surface area contributed by atoms with Gasteiger partial charge in [-0.15, -0.1) is 0 Å². The average Bonchev–Trinajstić information content (AvgIpc) is 2.97. The van der Waals surface area contributed by atoms with E-state index in [1.807, 2.05) is 55.1 Å². The Kier molecular flexibility index (Phi) is 6.42. The number of halogens is 1.